The second kappa shape index (κ2) is 6.70. The summed E-state index contributed by atoms with van der Waals surface area (Å²) in [6.07, 6.45) is -0.269. The molecular formula is C21H14ClF3N2O2. The van der Waals surface area contributed by atoms with E-state index in [0.717, 1.165) is 17.6 Å². The average Bonchev–Trinajstić information content (AvgIpc) is 3.11. The first-order valence-electron chi connectivity index (χ1n) is 8.56. The van der Waals surface area contributed by atoms with Crippen molar-refractivity contribution in [1.29, 1.82) is 0 Å². The fourth-order valence-corrected chi connectivity index (χ4v) is 3.77. The Bertz CT molecular complexity index is 1180. The number of carbonyl (C=O) groups is 1. The number of fused-ring (bicyclic) bond motifs is 1. The van der Waals surface area contributed by atoms with Crippen molar-refractivity contribution in [3.63, 3.8) is 0 Å². The topological polar surface area (TPSA) is 65.1 Å². The Morgan fingerprint density at radius 2 is 1.86 bits per heavy atom. The Hall–Kier alpha value is -3.19. The summed E-state index contributed by atoms with van der Waals surface area (Å²) in [4.78, 5) is 15.3. The van der Waals surface area contributed by atoms with Gasteiger partial charge in [-0.15, -0.1) is 0 Å². The largest absolute Gasteiger partial charge is 0.479 e. The molecule has 1 atom stereocenters. The number of aliphatic carboxylic acids is 1. The van der Waals surface area contributed by atoms with Crippen molar-refractivity contribution in [3.05, 3.63) is 88.7 Å². The Labute approximate surface area is 168 Å². The van der Waals surface area contributed by atoms with E-state index in [9.17, 15) is 23.1 Å². The number of allylic oxidation sites excluding steroid dienone is 2. The molecule has 3 aromatic rings. The first-order chi connectivity index (χ1) is 13.7. The molecule has 0 saturated carbocycles. The first kappa shape index (κ1) is 19.1. The third kappa shape index (κ3) is 3.17. The quantitative estimate of drug-likeness (QED) is 0.545. The highest BCUT2D eigenvalue weighted by Crippen LogP contribution is 2.40. The highest BCUT2D eigenvalue weighted by molar-refractivity contribution is 6.37. The van der Waals surface area contributed by atoms with Gasteiger partial charge in [0.25, 0.3) is 0 Å². The molecule has 1 aliphatic rings. The standard InChI is InChI=1S/C21H14ClF3N2O2/c22-17-9-20(19(28)29,16-11-26-18-7-2-1-6-14(16)18)27-10-15(17)12-4-3-5-13(8-12)21(23,24)25/h1-11,26-27H,(H,28,29). The van der Waals surface area contributed by atoms with E-state index >= 15 is 0 Å². The smallest absolute Gasteiger partial charge is 0.416 e. The van der Waals surface area contributed by atoms with Crippen molar-refractivity contribution in [2.24, 2.45) is 0 Å². The van der Waals surface area contributed by atoms with Crippen LogP contribution in [0.1, 0.15) is 16.7 Å². The number of rotatable bonds is 3. The fourth-order valence-electron chi connectivity index (χ4n) is 3.44. The number of aromatic nitrogens is 1. The molecular weight excluding hydrogens is 405 g/mol. The number of H-pyrrole nitrogens is 1. The maximum absolute atomic E-state index is 13.0. The van der Waals surface area contributed by atoms with E-state index in [1.807, 2.05) is 12.1 Å². The molecule has 0 spiro atoms. The number of hydrogen-bond acceptors (Lipinski definition) is 2. The summed E-state index contributed by atoms with van der Waals surface area (Å²) >= 11 is 6.38. The number of hydrogen-bond donors (Lipinski definition) is 3. The van der Waals surface area contributed by atoms with Crippen molar-refractivity contribution in [1.82, 2.24) is 10.3 Å². The van der Waals surface area contributed by atoms with Crippen molar-refractivity contribution < 1.29 is 23.1 Å². The summed E-state index contributed by atoms with van der Waals surface area (Å²) in [7, 11) is 0. The van der Waals surface area contributed by atoms with Crippen LogP contribution in [0.2, 0.25) is 0 Å². The first-order valence-corrected chi connectivity index (χ1v) is 8.94. The minimum absolute atomic E-state index is 0.0377. The number of nitrogens with one attached hydrogen (secondary N) is 2. The number of aromatic amines is 1. The lowest BCUT2D eigenvalue weighted by molar-refractivity contribution is -0.142. The molecule has 4 nitrogen and oxygen atoms in total. The molecule has 1 aliphatic heterocycles. The number of carboxylic acid groups (broad SMARTS) is 1. The third-order valence-corrected chi connectivity index (χ3v) is 5.21. The molecule has 3 N–H and O–H groups in total. The van der Waals surface area contributed by atoms with Crippen LogP contribution in [-0.2, 0) is 16.5 Å². The molecule has 1 aromatic heterocycles. The molecule has 29 heavy (non-hydrogen) atoms. The van der Waals surface area contributed by atoms with Crippen molar-refractivity contribution in [2.45, 2.75) is 11.7 Å². The Morgan fingerprint density at radius 3 is 2.55 bits per heavy atom. The number of benzene rings is 2. The van der Waals surface area contributed by atoms with Crippen LogP contribution in [0.25, 0.3) is 16.5 Å². The summed E-state index contributed by atoms with van der Waals surface area (Å²) in [5, 5.41) is 13.6. The van der Waals surface area contributed by atoms with Gasteiger partial charge < -0.3 is 15.4 Å². The van der Waals surface area contributed by atoms with Gasteiger partial charge in [0.15, 0.2) is 5.54 Å². The maximum atomic E-state index is 13.0. The van der Waals surface area contributed by atoms with Gasteiger partial charge in [-0.05, 0) is 29.8 Å². The monoisotopic (exact) mass is 418 g/mol. The molecule has 148 valence electrons. The zero-order valence-electron chi connectivity index (χ0n) is 14.7. The van der Waals surface area contributed by atoms with Gasteiger partial charge in [0.05, 0.1) is 5.56 Å². The van der Waals surface area contributed by atoms with E-state index in [1.165, 1.54) is 24.4 Å². The van der Waals surface area contributed by atoms with E-state index < -0.39 is 23.2 Å². The number of carboxylic acids is 1. The highest BCUT2D eigenvalue weighted by Gasteiger charge is 2.42. The molecule has 1 unspecified atom stereocenters. The summed E-state index contributed by atoms with van der Waals surface area (Å²) in [5.41, 5.74) is -0.782. The van der Waals surface area contributed by atoms with Gasteiger partial charge in [0.1, 0.15) is 0 Å². The van der Waals surface area contributed by atoms with Crippen molar-refractivity contribution >= 4 is 34.0 Å². The molecule has 0 saturated heterocycles. The van der Waals surface area contributed by atoms with Gasteiger partial charge in [0, 0.05) is 39.5 Å². The minimum Gasteiger partial charge on any atom is -0.479 e. The van der Waals surface area contributed by atoms with Crippen LogP contribution in [0, 0.1) is 0 Å². The highest BCUT2D eigenvalue weighted by atomic mass is 35.5. The normalized spacial score (nSPS) is 19.4. The van der Waals surface area contributed by atoms with Gasteiger partial charge in [-0.2, -0.15) is 13.2 Å². The van der Waals surface area contributed by atoms with Crippen molar-refractivity contribution in [2.75, 3.05) is 0 Å². The van der Waals surface area contributed by atoms with E-state index in [0.29, 0.717) is 10.9 Å². The average molecular weight is 419 g/mol. The molecule has 8 heteroatoms. The predicted octanol–water partition coefficient (Wildman–Crippen LogP) is 5.23. The van der Waals surface area contributed by atoms with Gasteiger partial charge in [-0.25, -0.2) is 4.79 Å². The fraction of sp³-hybridized carbons (Fsp3) is 0.0952. The van der Waals surface area contributed by atoms with Crippen LogP contribution in [0.5, 0.6) is 0 Å². The van der Waals surface area contributed by atoms with E-state index in [4.69, 9.17) is 11.6 Å². The van der Waals surface area contributed by atoms with Gasteiger partial charge in [-0.3, -0.25) is 0 Å². The van der Waals surface area contributed by atoms with Crippen LogP contribution in [0.15, 0.2) is 72.0 Å². The molecule has 0 fully saturated rings. The Morgan fingerprint density at radius 1 is 1.10 bits per heavy atom. The lowest BCUT2D eigenvalue weighted by Crippen LogP contribution is -2.46. The van der Waals surface area contributed by atoms with E-state index in [1.54, 1.807) is 18.3 Å². The number of dihydropyridines is 1. The van der Waals surface area contributed by atoms with E-state index in [-0.39, 0.29) is 16.2 Å². The lowest BCUT2D eigenvalue weighted by atomic mass is 9.85. The van der Waals surface area contributed by atoms with Crippen molar-refractivity contribution in [3.8, 4) is 0 Å². The molecule has 0 bridgehead atoms. The van der Waals surface area contributed by atoms with E-state index in [2.05, 4.69) is 10.3 Å². The third-order valence-electron chi connectivity index (χ3n) is 4.90. The molecule has 0 radical (unpaired) electrons. The second-order valence-corrected chi connectivity index (χ2v) is 7.04. The lowest BCUT2D eigenvalue weighted by Gasteiger charge is -2.31. The van der Waals surface area contributed by atoms with Crippen LogP contribution in [0.4, 0.5) is 13.2 Å². The zero-order chi connectivity index (χ0) is 20.8. The van der Waals surface area contributed by atoms with Gasteiger partial charge in [0.2, 0.25) is 0 Å². The molecule has 0 aliphatic carbocycles. The predicted molar refractivity (Wildman–Crippen MR) is 104 cm³/mol. The summed E-state index contributed by atoms with van der Waals surface area (Å²) < 4.78 is 39.1. The van der Waals surface area contributed by atoms with Crippen LogP contribution in [-0.4, -0.2) is 16.1 Å². The molecule has 4 rings (SSSR count). The number of para-hydroxylation sites is 1. The molecule has 2 aromatic carbocycles. The summed E-state index contributed by atoms with van der Waals surface area (Å²) in [6, 6.07) is 11.9. The maximum Gasteiger partial charge on any atom is 0.416 e. The number of halogens is 4. The zero-order valence-corrected chi connectivity index (χ0v) is 15.5. The van der Waals surface area contributed by atoms with Crippen LogP contribution in [0.3, 0.4) is 0 Å². The van der Waals surface area contributed by atoms with Crippen LogP contribution >= 0.6 is 11.6 Å². The molecule has 2 heterocycles. The Balaban J connectivity index is 1.80. The Kier molecular flexibility index (Phi) is 4.42. The molecule has 0 amide bonds. The number of alkyl halides is 3. The van der Waals surface area contributed by atoms with Crippen LogP contribution < -0.4 is 5.32 Å². The summed E-state index contributed by atoms with van der Waals surface area (Å²) in [5.74, 6) is -1.19. The second-order valence-electron chi connectivity index (χ2n) is 6.63. The van der Waals surface area contributed by atoms with Gasteiger partial charge in [-0.1, -0.05) is 41.9 Å². The summed E-state index contributed by atoms with van der Waals surface area (Å²) in [6.45, 7) is 0. The van der Waals surface area contributed by atoms with Gasteiger partial charge >= 0.3 is 12.1 Å². The SMILES string of the molecule is O=C(O)C1(c2c[nH]c3ccccc23)C=C(Cl)C(c2cccc(C(F)(F)F)c2)=CN1. The minimum atomic E-state index is -4.50.